The average molecular weight is 528 g/mol. The third-order valence-corrected chi connectivity index (χ3v) is 6.29. The van der Waals surface area contributed by atoms with Crippen LogP contribution in [0, 0.1) is 11.6 Å². The Labute approximate surface area is 221 Å². The summed E-state index contributed by atoms with van der Waals surface area (Å²) in [6, 6.07) is 10.2. The van der Waals surface area contributed by atoms with Crippen molar-refractivity contribution >= 4 is 11.9 Å². The molecule has 1 heterocycles. The first-order valence-electron chi connectivity index (χ1n) is 12.8. The molecule has 1 amide bonds. The van der Waals surface area contributed by atoms with Crippen molar-refractivity contribution in [2.45, 2.75) is 52.3 Å². The zero-order valence-corrected chi connectivity index (χ0v) is 21.9. The molecule has 0 aliphatic heterocycles. The Balaban J connectivity index is 1.76. The number of nitrogens with one attached hydrogen (secondary N) is 2. The van der Waals surface area contributed by atoms with Crippen molar-refractivity contribution < 1.29 is 23.8 Å². The molecule has 38 heavy (non-hydrogen) atoms. The van der Waals surface area contributed by atoms with Crippen LogP contribution in [0.25, 0.3) is 0 Å². The van der Waals surface area contributed by atoms with E-state index in [9.17, 15) is 23.8 Å². The predicted octanol–water partition coefficient (Wildman–Crippen LogP) is 3.36. The van der Waals surface area contributed by atoms with Crippen molar-refractivity contribution in [2.24, 2.45) is 0 Å². The molecule has 3 rings (SSSR count). The number of aromatic nitrogens is 2. The third kappa shape index (κ3) is 7.93. The molecule has 0 unspecified atom stereocenters. The number of hydrogen-bond acceptors (Lipinski definition) is 7. The molecule has 3 aromatic rings. The van der Waals surface area contributed by atoms with Crippen LogP contribution in [0.2, 0.25) is 0 Å². The molecule has 0 aliphatic carbocycles. The minimum Gasteiger partial charge on any atom is -0.493 e. The molecule has 1 aromatic heterocycles. The van der Waals surface area contributed by atoms with Gasteiger partial charge in [0.05, 0.1) is 12.1 Å². The molecule has 4 N–H and O–H groups in total. The summed E-state index contributed by atoms with van der Waals surface area (Å²) in [6.45, 7) is 7.73. The fraction of sp³-hybridized carbons (Fsp3) is 0.393. The number of aromatic hydroxyl groups is 1. The van der Waals surface area contributed by atoms with Crippen LogP contribution in [0.1, 0.15) is 47.8 Å². The molecule has 0 aliphatic rings. The van der Waals surface area contributed by atoms with Gasteiger partial charge in [0.15, 0.2) is 0 Å². The largest absolute Gasteiger partial charge is 0.493 e. The Kier molecular flexibility index (Phi) is 10.5. The zero-order valence-electron chi connectivity index (χ0n) is 21.9. The van der Waals surface area contributed by atoms with Crippen LogP contribution in [0.4, 0.5) is 14.7 Å². The number of carbonyl (C=O) groups excluding carboxylic acids is 1. The van der Waals surface area contributed by atoms with Gasteiger partial charge in [-0.25, -0.2) is 13.8 Å². The summed E-state index contributed by atoms with van der Waals surface area (Å²) in [6.07, 6.45) is 0.961. The summed E-state index contributed by atoms with van der Waals surface area (Å²) in [7, 11) is 0. The first-order chi connectivity index (χ1) is 18.2. The van der Waals surface area contributed by atoms with E-state index in [4.69, 9.17) is 0 Å². The van der Waals surface area contributed by atoms with E-state index in [0.717, 1.165) is 30.2 Å². The molecule has 0 fully saturated rings. The fourth-order valence-electron chi connectivity index (χ4n) is 4.16. The van der Waals surface area contributed by atoms with Gasteiger partial charge in [-0.05, 0) is 55.5 Å². The number of aliphatic hydroxyl groups is 1. The number of aliphatic hydroxyl groups excluding tert-OH is 1. The van der Waals surface area contributed by atoms with Gasteiger partial charge in [0.2, 0.25) is 11.8 Å². The normalized spacial score (nSPS) is 12.7. The van der Waals surface area contributed by atoms with Gasteiger partial charge in [0.1, 0.15) is 17.2 Å². The summed E-state index contributed by atoms with van der Waals surface area (Å²) < 4.78 is 27.6. The standard InChI is InChI=1S/C28H35F2N5O3/c1-4-18-8-7-9-19(10-18)15-31-17-25(36)24(13-20-11-21(29)14-22(30)12-20)33-26(37)23-16-32-28(34-27(23)38)35(5-2)6-3/h7-12,14,16,24-25,31,36H,4-6,13,15,17H2,1-3H3,(H,33,37)(H,32,34,38)/t24-,25-/m0/s1. The lowest BCUT2D eigenvalue weighted by Crippen LogP contribution is -2.48. The molecule has 0 radical (unpaired) electrons. The summed E-state index contributed by atoms with van der Waals surface area (Å²) >= 11 is 0. The quantitative estimate of drug-likeness (QED) is 0.270. The van der Waals surface area contributed by atoms with Gasteiger partial charge < -0.3 is 25.7 Å². The Bertz CT molecular complexity index is 1200. The molecule has 0 bridgehead atoms. The minimum absolute atomic E-state index is 0.0479. The summed E-state index contributed by atoms with van der Waals surface area (Å²) in [5.41, 5.74) is 2.32. The van der Waals surface area contributed by atoms with E-state index in [1.165, 1.54) is 11.8 Å². The fourth-order valence-corrected chi connectivity index (χ4v) is 4.16. The highest BCUT2D eigenvalue weighted by Crippen LogP contribution is 2.18. The lowest BCUT2D eigenvalue weighted by Gasteiger charge is -2.25. The maximum absolute atomic E-state index is 13.8. The van der Waals surface area contributed by atoms with Crippen LogP contribution in [-0.4, -0.2) is 57.9 Å². The van der Waals surface area contributed by atoms with E-state index in [2.05, 4.69) is 33.6 Å². The van der Waals surface area contributed by atoms with Gasteiger partial charge in [-0.15, -0.1) is 0 Å². The highest BCUT2D eigenvalue weighted by Gasteiger charge is 2.25. The molecule has 0 saturated heterocycles. The second-order valence-corrected chi connectivity index (χ2v) is 9.01. The van der Waals surface area contributed by atoms with E-state index < -0.39 is 35.6 Å². The van der Waals surface area contributed by atoms with E-state index in [1.807, 2.05) is 36.9 Å². The first-order valence-corrected chi connectivity index (χ1v) is 12.8. The molecule has 8 nitrogen and oxygen atoms in total. The molecule has 204 valence electrons. The maximum Gasteiger partial charge on any atom is 0.258 e. The van der Waals surface area contributed by atoms with Gasteiger partial charge in [-0.2, -0.15) is 4.98 Å². The number of rotatable bonds is 13. The summed E-state index contributed by atoms with van der Waals surface area (Å²) in [4.78, 5) is 23.1. The lowest BCUT2D eigenvalue weighted by molar-refractivity contribution is 0.0826. The molecular formula is C28H35F2N5O3. The monoisotopic (exact) mass is 527 g/mol. The number of benzene rings is 2. The lowest BCUT2D eigenvalue weighted by atomic mass is 10.00. The van der Waals surface area contributed by atoms with Crippen molar-refractivity contribution in [2.75, 3.05) is 24.5 Å². The number of aryl methyl sites for hydroxylation is 1. The Hall–Kier alpha value is -3.63. The number of nitrogens with zero attached hydrogens (tertiary/aromatic N) is 3. The number of amides is 1. The van der Waals surface area contributed by atoms with Crippen LogP contribution in [-0.2, 0) is 19.4 Å². The molecule has 0 spiro atoms. The Morgan fingerprint density at radius 3 is 2.34 bits per heavy atom. The second kappa shape index (κ2) is 13.8. The van der Waals surface area contributed by atoms with Crippen LogP contribution in [0.5, 0.6) is 5.88 Å². The Morgan fingerprint density at radius 2 is 1.71 bits per heavy atom. The van der Waals surface area contributed by atoms with Crippen LogP contribution in [0.15, 0.2) is 48.7 Å². The van der Waals surface area contributed by atoms with Crippen molar-refractivity contribution in [3.63, 3.8) is 0 Å². The molecule has 2 aromatic carbocycles. The molecule has 10 heteroatoms. The van der Waals surface area contributed by atoms with Gasteiger partial charge >= 0.3 is 0 Å². The van der Waals surface area contributed by atoms with Crippen LogP contribution >= 0.6 is 0 Å². The zero-order chi connectivity index (χ0) is 27.7. The van der Waals surface area contributed by atoms with Gasteiger partial charge in [-0.1, -0.05) is 31.2 Å². The predicted molar refractivity (Wildman–Crippen MR) is 142 cm³/mol. The van der Waals surface area contributed by atoms with E-state index in [-0.39, 0.29) is 30.0 Å². The topological polar surface area (TPSA) is 111 Å². The molecule has 0 saturated carbocycles. The smallest absolute Gasteiger partial charge is 0.258 e. The van der Waals surface area contributed by atoms with Crippen molar-refractivity contribution in [3.8, 4) is 5.88 Å². The molecular weight excluding hydrogens is 492 g/mol. The van der Waals surface area contributed by atoms with Crippen molar-refractivity contribution in [1.29, 1.82) is 0 Å². The van der Waals surface area contributed by atoms with Crippen LogP contribution < -0.4 is 15.5 Å². The van der Waals surface area contributed by atoms with E-state index in [0.29, 0.717) is 19.6 Å². The highest BCUT2D eigenvalue weighted by molar-refractivity contribution is 5.96. The van der Waals surface area contributed by atoms with Gasteiger partial charge in [0.25, 0.3) is 5.91 Å². The highest BCUT2D eigenvalue weighted by atomic mass is 19.1. The minimum atomic E-state index is -1.11. The SMILES string of the molecule is CCc1cccc(CNC[C@H](O)[C@H](Cc2cc(F)cc(F)c2)NC(=O)c2cnc(N(CC)CC)nc2O)c1. The number of hydrogen-bond donors (Lipinski definition) is 4. The summed E-state index contributed by atoms with van der Waals surface area (Å²) in [5.74, 6) is -2.45. The van der Waals surface area contributed by atoms with E-state index >= 15 is 0 Å². The van der Waals surface area contributed by atoms with Gasteiger partial charge in [-0.3, -0.25) is 4.79 Å². The van der Waals surface area contributed by atoms with Crippen LogP contribution in [0.3, 0.4) is 0 Å². The second-order valence-electron chi connectivity index (χ2n) is 9.01. The maximum atomic E-state index is 13.8. The summed E-state index contributed by atoms with van der Waals surface area (Å²) in [5, 5.41) is 27.2. The van der Waals surface area contributed by atoms with Crippen molar-refractivity contribution in [1.82, 2.24) is 20.6 Å². The molecule has 2 atom stereocenters. The number of anilines is 1. The third-order valence-electron chi connectivity index (χ3n) is 6.29. The van der Waals surface area contributed by atoms with E-state index in [1.54, 1.807) is 0 Å². The average Bonchev–Trinajstić information content (AvgIpc) is 2.88. The number of carbonyl (C=O) groups is 1. The Morgan fingerprint density at radius 1 is 1.03 bits per heavy atom. The number of halogens is 2. The van der Waals surface area contributed by atoms with Gasteiger partial charge in [0, 0.05) is 38.4 Å². The van der Waals surface area contributed by atoms with Crippen molar-refractivity contribution in [3.05, 3.63) is 82.5 Å². The first kappa shape index (κ1) is 28.9.